The van der Waals surface area contributed by atoms with Crippen LogP contribution in [0.2, 0.25) is 0 Å². The molecule has 0 saturated heterocycles. The average Bonchev–Trinajstić information content (AvgIpc) is 1.73. The van der Waals surface area contributed by atoms with Crippen LogP contribution in [0.1, 0.15) is 61.2 Å². The Morgan fingerprint density at radius 3 is 0.681 bits per heavy atom. The number of hydrogen-bond donors (Lipinski definition) is 0. The maximum atomic E-state index is 6.17. The maximum Gasteiger partial charge on any atom is 0.151 e. The third-order valence-electron chi connectivity index (χ3n) is 24.9. The zero-order valence-electron chi connectivity index (χ0n) is 80.5. The van der Waals surface area contributed by atoms with Crippen LogP contribution in [0.25, 0.3) is 27.5 Å². The van der Waals surface area contributed by atoms with E-state index in [1.165, 1.54) is 123 Å². The number of para-hydroxylation sites is 12. The van der Waals surface area contributed by atoms with Gasteiger partial charge in [-0.3, -0.25) is 0 Å². The molecular formula is C127H113N7O4. The van der Waals surface area contributed by atoms with E-state index in [1.54, 1.807) is 0 Å². The molecule has 0 fully saturated rings. The molecule has 4 aliphatic heterocycles. The van der Waals surface area contributed by atoms with Gasteiger partial charge in [0, 0.05) is 76.1 Å². The average molecular weight is 1800 g/mol. The number of rotatable bonds is 9. The van der Waals surface area contributed by atoms with Gasteiger partial charge in [-0.05, 0) is 317 Å². The van der Waals surface area contributed by atoms with Gasteiger partial charge in [-0.25, -0.2) is 0 Å². The summed E-state index contributed by atoms with van der Waals surface area (Å²) in [5, 5.41) is 2.62. The number of aromatic nitrogens is 1. The molecule has 0 unspecified atom stereocenters. The molecule has 0 radical (unpaired) electrons. The first-order chi connectivity index (χ1) is 67.3. The summed E-state index contributed by atoms with van der Waals surface area (Å²) in [5.74, 6) is 7.29. The number of nitrogens with zero attached hydrogens (tertiary/aromatic N) is 7. The lowest BCUT2D eigenvalue weighted by Gasteiger charge is -2.33. The Hall–Kier alpha value is -17.0. The van der Waals surface area contributed by atoms with Crippen LogP contribution in [-0.2, 0) is 0 Å². The Morgan fingerprint density at radius 2 is 0.370 bits per heavy atom. The molecule has 0 amide bonds. The molecule has 11 heteroatoms. The van der Waals surface area contributed by atoms with Crippen molar-refractivity contribution >= 4 is 113 Å². The first-order valence-electron chi connectivity index (χ1n) is 47.0. The van der Waals surface area contributed by atoms with Crippen LogP contribution in [0, 0.1) is 76.2 Å². The van der Waals surface area contributed by atoms with Crippen LogP contribution in [0.4, 0.5) is 91.0 Å². The highest BCUT2D eigenvalue weighted by Crippen LogP contribution is 2.54. The molecular weight excluding hydrogens is 1690 g/mol. The standard InChI is InChI=1S/C21H19NO.C21H21N.C19H15NO.C19H15N.C19H17N.C15H15NO.C13H11NO/c1-14-4-8-17(9-5-14)22-18-10-6-15(2)12-20(18)23-21-13-16(3)7-11-19(21)22;1-16-4-10-19(11-5-16)22(20-12-6-17(2)7-13-20)21-14-8-18(3)9-15-21;1-14-10-12-15(13-11-14)20-16-6-2-4-8-18(16)21-19-9-5-3-7-17(19)20;1-14-10-12-15(13-11-14)20-18-8-4-2-6-16(18)17-7-3-5-9-19(17)20;1-16-12-14-19(15-13-16)20(17-8-4-2-5-9-17)18-10-6-3-7-11-18;1-10-4-6-12-14(8-10)17-15-9-11(2)5-7-13(15)16(12)3;1-14-10-6-2-4-8-12(10)15-13-9-5-3-7-11(13)14/h4-13H,1-3H3;4-15H,1-3H3;2-13H,1H3;2-13H,1H3;2-15H,1H3;4-9H,1-3H3;2-9H,1H3. The quantitative estimate of drug-likeness (QED) is 0.140. The minimum Gasteiger partial charge on any atom is -0.453 e. The second kappa shape index (κ2) is 41.6. The van der Waals surface area contributed by atoms with Gasteiger partial charge < -0.3 is 52.9 Å². The van der Waals surface area contributed by atoms with Crippen LogP contribution in [-0.4, -0.2) is 18.7 Å². The lowest BCUT2D eigenvalue weighted by atomic mass is 10.1. The first-order valence-corrected chi connectivity index (χ1v) is 47.0. The summed E-state index contributed by atoms with van der Waals surface area (Å²) in [6.07, 6.45) is 0. The van der Waals surface area contributed by atoms with E-state index in [1.807, 2.05) is 84.9 Å². The molecule has 0 spiro atoms. The van der Waals surface area contributed by atoms with Gasteiger partial charge >= 0.3 is 0 Å². The van der Waals surface area contributed by atoms with Crippen LogP contribution >= 0.6 is 0 Å². The smallest absolute Gasteiger partial charge is 0.151 e. The van der Waals surface area contributed by atoms with Crippen molar-refractivity contribution in [2.45, 2.75) is 76.2 Å². The minimum atomic E-state index is 0.886. The number of ether oxygens (including phenoxy) is 4. The molecule has 0 atom stereocenters. The molecule has 0 saturated carbocycles. The lowest BCUT2D eigenvalue weighted by molar-refractivity contribution is 0.474. The first kappa shape index (κ1) is 91.5. The Morgan fingerprint density at radius 1 is 0.167 bits per heavy atom. The van der Waals surface area contributed by atoms with Crippen molar-refractivity contribution < 1.29 is 18.9 Å². The number of fused-ring (bicyclic) bond motifs is 11. The lowest BCUT2D eigenvalue weighted by Crippen LogP contribution is -2.16. The van der Waals surface area contributed by atoms with Crippen molar-refractivity contribution in [1.82, 2.24) is 4.57 Å². The SMILES string of the molecule is CN1c2ccccc2Oc2ccccc21.Cc1ccc(-n2c3ccccc3c3ccccc32)cc1.Cc1ccc(N(c2ccc(C)cc2)c2ccc(C)cc2)cc1.Cc1ccc(N(c2ccccc2)c2ccccc2)cc1.Cc1ccc(N2c3ccc(C)cc3Oc3cc(C)ccc32)cc1.Cc1ccc(N2c3ccccc3Oc3ccccc32)cc1.Cc1ccc2c(c1)Oc1cc(C)ccc1N2C. The van der Waals surface area contributed by atoms with E-state index in [0.29, 0.717) is 0 Å². The summed E-state index contributed by atoms with van der Waals surface area (Å²) < 4.78 is 26.3. The van der Waals surface area contributed by atoms with E-state index in [9.17, 15) is 0 Å². The van der Waals surface area contributed by atoms with Crippen molar-refractivity contribution in [3.8, 4) is 51.7 Å². The van der Waals surface area contributed by atoms with Crippen molar-refractivity contribution in [1.29, 1.82) is 0 Å². The molecule has 0 N–H and O–H groups in total. The van der Waals surface area contributed by atoms with Gasteiger partial charge in [0.15, 0.2) is 46.0 Å². The minimum absolute atomic E-state index is 0.886. The Labute approximate surface area is 812 Å². The van der Waals surface area contributed by atoms with Gasteiger partial charge in [0.25, 0.3) is 0 Å². The largest absolute Gasteiger partial charge is 0.453 e. The fourth-order valence-electron chi connectivity index (χ4n) is 17.5. The van der Waals surface area contributed by atoms with E-state index in [2.05, 4.69) is 488 Å². The maximum absolute atomic E-state index is 6.17. The van der Waals surface area contributed by atoms with Crippen molar-refractivity contribution in [2.75, 3.05) is 43.5 Å². The Kier molecular flexibility index (Phi) is 27.6. The molecule has 5 heterocycles. The van der Waals surface area contributed by atoms with E-state index in [0.717, 1.165) is 103 Å². The third-order valence-corrected chi connectivity index (χ3v) is 24.9. The van der Waals surface area contributed by atoms with Gasteiger partial charge in [-0.2, -0.15) is 0 Å². The number of hydrogen-bond acceptors (Lipinski definition) is 10. The van der Waals surface area contributed by atoms with Gasteiger partial charge in [0.1, 0.15) is 0 Å². The highest BCUT2D eigenvalue weighted by molar-refractivity contribution is 6.09. The summed E-state index contributed by atoms with van der Waals surface area (Å²) in [4.78, 5) is 13.4. The van der Waals surface area contributed by atoms with Crippen LogP contribution in [0.5, 0.6) is 46.0 Å². The molecule has 19 aromatic carbocycles. The summed E-state index contributed by atoms with van der Waals surface area (Å²) in [6.45, 7) is 23.1. The third kappa shape index (κ3) is 20.7. The van der Waals surface area contributed by atoms with E-state index in [-0.39, 0.29) is 0 Å². The zero-order chi connectivity index (χ0) is 95.3. The van der Waals surface area contributed by atoms with Gasteiger partial charge in [0.05, 0.1) is 56.5 Å². The fourth-order valence-corrected chi connectivity index (χ4v) is 17.5. The predicted molar refractivity (Wildman–Crippen MR) is 580 cm³/mol. The Bertz CT molecular complexity index is 7200. The summed E-state index contributed by atoms with van der Waals surface area (Å²) in [7, 11) is 4.13. The molecule has 24 rings (SSSR count). The van der Waals surface area contributed by atoms with Crippen LogP contribution in [0.3, 0.4) is 0 Å². The highest BCUT2D eigenvalue weighted by atomic mass is 16.5. The number of benzene rings is 19. The molecule has 0 bridgehead atoms. The normalized spacial score (nSPS) is 11.7. The number of aryl methyl sites for hydroxylation is 11. The van der Waals surface area contributed by atoms with E-state index in [4.69, 9.17) is 18.9 Å². The zero-order valence-corrected chi connectivity index (χ0v) is 80.5. The molecule has 1 aromatic heterocycles. The monoisotopic (exact) mass is 1800 g/mol. The topological polar surface area (TPSA) is 61.3 Å². The van der Waals surface area contributed by atoms with Crippen molar-refractivity contribution in [3.63, 3.8) is 0 Å². The molecule has 138 heavy (non-hydrogen) atoms. The fraction of sp³-hybridized carbons (Fsp3) is 0.102. The molecule has 4 aliphatic rings. The summed E-state index contributed by atoms with van der Waals surface area (Å²) in [6, 6.07) is 156. The second-order valence-electron chi connectivity index (χ2n) is 35.5. The van der Waals surface area contributed by atoms with Crippen LogP contribution in [0.15, 0.2) is 449 Å². The second-order valence-corrected chi connectivity index (χ2v) is 35.5. The predicted octanol–water partition coefficient (Wildman–Crippen LogP) is 36.1. The van der Waals surface area contributed by atoms with Crippen molar-refractivity contribution in [2.24, 2.45) is 0 Å². The highest BCUT2D eigenvalue weighted by Gasteiger charge is 2.29. The van der Waals surface area contributed by atoms with Gasteiger partial charge in [0.2, 0.25) is 0 Å². The number of anilines is 16. The molecule has 11 nitrogen and oxygen atoms in total. The molecule has 0 aliphatic carbocycles. The van der Waals surface area contributed by atoms with E-state index < -0.39 is 0 Å². The summed E-state index contributed by atoms with van der Waals surface area (Å²) >= 11 is 0. The molecule has 680 valence electrons. The van der Waals surface area contributed by atoms with Gasteiger partial charge in [-0.15, -0.1) is 0 Å². The Balaban J connectivity index is 0.000000107. The van der Waals surface area contributed by atoms with Gasteiger partial charge in [-0.1, -0.05) is 269 Å². The van der Waals surface area contributed by atoms with E-state index >= 15 is 0 Å². The molecule has 20 aromatic rings. The summed E-state index contributed by atoms with van der Waals surface area (Å²) in [5.41, 5.74) is 35.6. The van der Waals surface area contributed by atoms with Crippen molar-refractivity contribution in [3.05, 3.63) is 510 Å². The van der Waals surface area contributed by atoms with Crippen LogP contribution < -0.4 is 48.3 Å².